The molecule has 0 radical (unpaired) electrons. The third-order valence-electron chi connectivity index (χ3n) is 4.75. The largest absolute Gasteiger partial charge is 0.345 e. The summed E-state index contributed by atoms with van der Waals surface area (Å²) in [7, 11) is 3.54. The Kier molecular flexibility index (Phi) is 4.71. The molecule has 0 spiro atoms. The van der Waals surface area contributed by atoms with Crippen molar-refractivity contribution in [1.82, 2.24) is 29.8 Å². The number of carbonyl (C=O) groups is 1. The SMILES string of the molecule is CCn1cc(CN2CC[C@@H](c3[nH]ncc3C(=O)N(C)C)C2)c(C)n1. The smallest absolute Gasteiger partial charge is 0.256 e. The molecular weight excluding hydrogens is 304 g/mol. The molecule has 2 aromatic heterocycles. The lowest BCUT2D eigenvalue weighted by Crippen LogP contribution is -2.24. The van der Waals surface area contributed by atoms with Crippen LogP contribution in [0.25, 0.3) is 0 Å². The highest BCUT2D eigenvalue weighted by Crippen LogP contribution is 2.29. The first-order valence-electron chi connectivity index (χ1n) is 8.49. The predicted molar refractivity (Wildman–Crippen MR) is 91.9 cm³/mol. The van der Waals surface area contributed by atoms with Gasteiger partial charge in [-0.05, 0) is 26.8 Å². The van der Waals surface area contributed by atoms with Crippen molar-refractivity contribution in [3.8, 4) is 0 Å². The van der Waals surface area contributed by atoms with Crippen molar-refractivity contribution in [3.05, 3.63) is 34.9 Å². The summed E-state index contributed by atoms with van der Waals surface area (Å²) in [6.07, 6.45) is 4.83. The number of likely N-dealkylation sites (tertiary alicyclic amines) is 1. The highest BCUT2D eigenvalue weighted by Gasteiger charge is 2.29. The molecule has 0 aliphatic carbocycles. The van der Waals surface area contributed by atoms with E-state index in [0.29, 0.717) is 11.5 Å². The first kappa shape index (κ1) is 16.7. The summed E-state index contributed by atoms with van der Waals surface area (Å²) in [6.45, 7) is 7.94. The van der Waals surface area contributed by atoms with Crippen molar-refractivity contribution < 1.29 is 4.79 Å². The van der Waals surface area contributed by atoms with Crippen LogP contribution in [0.15, 0.2) is 12.4 Å². The fourth-order valence-electron chi connectivity index (χ4n) is 3.35. The van der Waals surface area contributed by atoms with Crippen LogP contribution in [0.4, 0.5) is 0 Å². The molecule has 7 heteroatoms. The second kappa shape index (κ2) is 6.76. The molecule has 2 aromatic rings. The van der Waals surface area contributed by atoms with Gasteiger partial charge in [0.15, 0.2) is 0 Å². The van der Waals surface area contributed by atoms with Crippen LogP contribution in [0.1, 0.15) is 46.6 Å². The van der Waals surface area contributed by atoms with Crippen LogP contribution in [0.2, 0.25) is 0 Å². The van der Waals surface area contributed by atoms with E-state index >= 15 is 0 Å². The Morgan fingerprint density at radius 2 is 2.25 bits per heavy atom. The van der Waals surface area contributed by atoms with Crippen molar-refractivity contribution in [2.24, 2.45) is 0 Å². The van der Waals surface area contributed by atoms with E-state index in [1.807, 2.05) is 4.68 Å². The maximum absolute atomic E-state index is 12.3. The van der Waals surface area contributed by atoms with Crippen LogP contribution < -0.4 is 0 Å². The number of amides is 1. The number of aromatic amines is 1. The normalized spacial score (nSPS) is 18.2. The first-order chi connectivity index (χ1) is 11.5. The number of H-pyrrole nitrogens is 1. The summed E-state index contributed by atoms with van der Waals surface area (Å²) in [5, 5.41) is 11.7. The maximum Gasteiger partial charge on any atom is 0.256 e. The predicted octanol–water partition coefficient (Wildman–Crippen LogP) is 1.63. The summed E-state index contributed by atoms with van der Waals surface area (Å²) in [5.74, 6) is 0.338. The second-order valence-electron chi connectivity index (χ2n) is 6.71. The average molecular weight is 330 g/mol. The van der Waals surface area contributed by atoms with E-state index in [1.165, 1.54) is 5.56 Å². The van der Waals surface area contributed by atoms with Gasteiger partial charge in [-0.2, -0.15) is 10.2 Å². The van der Waals surface area contributed by atoms with Gasteiger partial charge in [-0.3, -0.25) is 19.5 Å². The fraction of sp³-hybridized carbons (Fsp3) is 0.588. The van der Waals surface area contributed by atoms with Crippen LogP contribution in [0.3, 0.4) is 0 Å². The van der Waals surface area contributed by atoms with Gasteiger partial charge >= 0.3 is 0 Å². The molecule has 1 N–H and O–H groups in total. The lowest BCUT2D eigenvalue weighted by Gasteiger charge is -2.16. The van der Waals surface area contributed by atoms with Gasteiger partial charge in [-0.25, -0.2) is 0 Å². The number of rotatable bonds is 5. The number of carbonyl (C=O) groups excluding carboxylic acids is 1. The number of hydrogen-bond donors (Lipinski definition) is 1. The van der Waals surface area contributed by atoms with E-state index < -0.39 is 0 Å². The van der Waals surface area contributed by atoms with Crippen LogP contribution in [-0.4, -0.2) is 62.9 Å². The summed E-state index contributed by atoms with van der Waals surface area (Å²) in [4.78, 5) is 16.3. The standard InChI is InChI=1S/C17H26N6O/c1-5-23-11-14(12(2)20-23)10-22-7-6-13(9-22)16-15(8-18-19-16)17(24)21(3)4/h8,11,13H,5-7,9-10H2,1-4H3,(H,18,19)/t13-/m1/s1. The van der Waals surface area contributed by atoms with E-state index in [0.717, 1.165) is 44.0 Å². The summed E-state index contributed by atoms with van der Waals surface area (Å²) < 4.78 is 1.99. The zero-order valence-electron chi connectivity index (χ0n) is 14.9. The van der Waals surface area contributed by atoms with Gasteiger partial charge in [0.2, 0.25) is 0 Å². The summed E-state index contributed by atoms with van der Waals surface area (Å²) >= 11 is 0. The van der Waals surface area contributed by atoms with Crippen molar-refractivity contribution in [2.45, 2.75) is 39.3 Å². The Bertz CT molecular complexity index is 716. The van der Waals surface area contributed by atoms with Gasteiger partial charge in [-0.1, -0.05) is 0 Å². The molecule has 3 heterocycles. The second-order valence-corrected chi connectivity index (χ2v) is 6.71. The van der Waals surface area contributed by atoms with E-state index in [4.69, 9.17) is 0 Å². The van der Waals surface area contributed by atoms with Gasteiger partial charge in [0.05, 0.1) is 23.1 Å². The molecule has 7 nitrogen and oxygen atoms in total. The molecule has 1 aliphatic heterocycles. The minimum Gasteiger partial charge on any atom is -0.345 e. The average Bonchev–Trinajstić information content (AvgIpc) is 3.26. The summed E-state index contributed by atoms with van der Waals surface area (Å²) in [6, 6.07) is 0. The molecule has 0 aromatic carbocycles. The number of aromatic nitrogens is 4. The van der Waals surface area contributed by atoms with Gasteiger partial charge in [0, 0.05) is 51.4 Å². The Morgan fingerprint density at radius 3 is 2.92 bits per heavy atom. The highest BCUT2D eigenvalue weighted by atomic mass is 16.2. The number of hydrogen-bond acceptors (Lipinski definition) is 4. The molecule has 1 fully saturated rings. The molecule has 0 unspecified atom stereocenters. The topological polar surface area (TPSA) is 70.1 Å². The number of nitrogens with zero attached hydrogens (tertiary/aromatic N) is 5. The Labute approximate surface area is 142 Å². The fourth-order valence-corrected chi connectivity index (χ4v) is 3.35. The highest BCUT2D eigenvalue weighted by molar-refractivity contribution is 5.94. The van der Waals surface area contributed by atoms with E-state index in [-0.39, 0.29) is 5.91 Å². The van der Waals surface area contributed by atoms with Gasteiger partial charge in [0.25, 0.3) is 5.91 Å². The van der Waals surface area contributed by atoms with Crippen LogP contribution >= 0.6 is 0 Å². The van der Waals surface area contributed by atoms with Crippen molar-refractivity contribution in [1.29, 1.82) is 0 Å². The molecule has 1 atom stereocenters. The molecule has 0 bridgehead atoms. The van der Waals surface area contributed by atoms with Gasteiger partial charge < -0.3 is 4.90 Å². The Balaban J connectivity index is 1.69. The minimum absolute atomic E-state index is 0.0114. The van der Waals surface area contributed by atoms with Crippen molar-refractivity contribution >= 4 is 5.91 Å². The van der Waals surface area contributed by atoms with Crippen molar-refractivity contribution in [3.63, 3.8) is 0 Å². The Morgan fingerprint density at radius 1 is 1.46 bits per heavy atom. The van der Waals surface area contributed by atoms with Gasteiger partial charge in [0.1, 0.15) is 0 Å². The lowest BCUT2D eigenvalue weighted by molar-refractivity contribution is 0.0826. The third kappa shape index (κ3) is 3.21. The molecule has 130 valence electrons. The van der Waals surface area contributed by atoms with Gasteiger partial charge in [-0.15, -0.1) is 0 Å². The molecule has 1 aliphatic rings. The zero-order chi connectivity index (χ0) is 17.3. The van der Waals surface area contributed by atoms with Crippen LogP contribution in [0, 0.1) is 6.92 Å². The quantitative estimate of drug-likeness (QED) is 0.904. The molecular formula is C17H26N6O. The van der Waals surface area contributed by atoms with E-state index in [2.05, 4.69) is 40.2 Å². The third-order valence-corrected chi connectivity index (χ3v) is 4.75. The van der Waals surface area contributed by atoms with E-state index in [9.17, 15) is 4.79 Å². The van der Waals surface area contributed by atoms with E-state index in [1.54, 1.807) is 25.2 Å². The zero-order valence-corrected chi connectivity index (χ0v) is 14.9. The lowest BCUT2D eigenvalue weighted by atomic mass is 10.0. The molecule has 0 saturated carbocycles. The molecule has 3 rings (SSSR count). The van der Waals surface area contributed by atoms with Crippen molar-refractivity contribution in [2.75, 3.05) is 27.2 Å². The van der Waals surface area contributed by atoms with Crippen LogP contribution in [-0.2, 0) is 13.1 Å². The number of nitrogens with one attached hydrogen (secondary N) is 1. The monoisotopic (exact) mass is 330 g/mol. The minimum atomic E-state index is 0.0114. The Hall–Kier alpha value is -2.15. The molecule has 24 heavy (non-hydrogen) atoms. The maximum atomic E-state index is 12.3. The summed E-state index contributed by atoms with van der Waals surface area (Å²) in [5.41, 5.74) is 4.05. The molecule has 1 saturated heterocycles. The number of aryl methyl sites for hydroxylation is 2. The molecule has 1 amide bonds. The first-order valence-corrected chi connectivity index (χ1v) is 8.49. The van der Waals surface area contributed by atoms with Crippen LogP contribution in [0.5, 0.6) is 0 Å².